The first kappa shape index (κ1) is 17.9. The van der Waals surface area contributed by atoms with Crippen molar-refractivity contribution in [1.29, 1.82) is 0 Å². The van der Waals surface area contributed by atoms with Gasteiger partial charge in [-0.05, 0) is 30.3 Å². The lowest BCUT2D eigenvalue weighted by molar-refractivity contribution is 0.311. The Labute approximate surface area is 166 Å². The van der Waals surface area contributed by atoms with Crippen molar-refractivity contribution in [1.82, 2.24) is 14.9 Å². The molecule has 0 aliphatic rings. The number of H-pyrrole nitrogens is 1. The molecule has 0 saturated heterocycles. The third kappa shape index (κ3) is 3.95. The molecular weight excluding hydrogens is 378 g/mol. The molecule has 4 rings (SSSR count). The first-order valence-electron chi connectivity index (χ1n) is 8.60. The van der Waals surface area contributed by atoms with Crippen LogP contribution < -0.4 is 5.56 Å². The molecule has 0 aliphatic carbocycles. The number of hydrogen-bond acceptors (Lipinski definition) is 4. The van der Waals surface area contributed by atoms with E-state index >= 15 is 0 Å². The monoisotopic (exact) mass is 395 g/mol. The Morgan fingerprint density at radius 1 is 1.07 bits per heavy atom. The summed E-state index contributed by atoms with van der Waals surface area (Å²) in [5.41, 5.74) is 2.05. The van der Waals surface area contributed by atoms with Crippen LogP contribution in [0.5, 0.6) is 0 Å². The third-order valence-corrected chi connectivity index (χ3v) is 5.77. The molecule has 0 fully saturated rings. The van der Waals surface area contributed by atoms with Crippen LogP contribution in [0.25, 0.3) is 20.7 Å². The predicted molar refractivity (Wildman–Crippen MR) is 112 cm³/mol. The van der Waals surface area contributed by atoms with Crippen molar-refractivity contribution in [2.45, 2.75) is 13.1 Å². The molecule has 2 heterocycles. The summed E-state index contributed by atoms with van der Waals surface area (Å²) in [6, 6.07) is 19.7. The molecule has 2 aromatic heterocycles. The van der Waals surface area contributed by atoms with E-state index in [-0.39, 0.29) is 5.56 Å². The maximum atomic E-state index is 12.5. The van der Waals surface area contributed by atoms with Gasteiger partial charge >= 0.3 is 0 Å². The van der Waals surface area contributed by atoms with Gasteiger partial charge in [0, 0.05) is 16.4 Å². The zero-order chi connectivity index (χ0) is 18.8. The van der Waals surface area contributed by atoms with Crippen LogP contribution in [0.15, 0.2) is 65.5 Å². The van der Waals surface area contributed by atoms with E-state index in [1.807, 2.05) is 67.7 Å². The topological polar surface area (TPSA) is 49.0 Å². The van der Waals surface area contributed by atoms with Crippen molar-refractivity contribution in [3.05, 3.63) is 87.4 Å². The Hall–Kier alpha value is -2.47. The number of aromatic nitrogens is 2. The van der Waals surface area contributed by atoms with Gasteiger partial charge in [0.05, 0.1) is 11.9 Å². The lowest BCUT2D eigenvalue weighted by Gasteiger charge is -2.16. The molecule has 4 nitrogen and oxygen atoms in total. The Morgan fingerprint density at radius 2 is 1.81 bits per heavy atom. The fraction of sp³-hybridized carbons (Fsp3) is 0.143. The van der Waals surface area contributed by atoms with Gasteiger partial charge in [0.2, 0.25) is 0 Å². The number of nitrogens with zero attached hydrogens (tertiary/aromatic N) is 2. The average molecular weight is 396 g/mol. The van der Waals surface area contributed by atoms with Crippen molar-refractivity contribution < 1.29 is 0 Å². The molecule has 0 unspecified atom stereocenters. The fourth-order valence-corrected chi connectivity index (χ4v) is 4.28. The Balaban J connectivity index is 1.59. The van der Waals surface area contributed by atoms with Gasteiger partial charge < -0.3 is 4.98 Å². The molecular formula is C21H18ClN3OS. The molecule has 27 heavy (non-hydrogen) atoms. The molecule has 4 aromatic rings. The van der Waals surface area contributed by atoms with Crippen molar-refractivity contribution in [3.8, 4) is 10.4 Å². The Morgan fingerprint density at radius 3 is 2.59 bits per heavy atom. The molecule has 0 aliphatic heterocycles. The summed E-state index contributed by atoms with van der Waals surface area (Å²) in [4.78, 5) is 24.0. The third-order valence-electron chi connectivity index (χ3n) is 4.33. The summed E-state index contributed by atoms with van der Waals surface area (Å²) < 4.78 is 0. The Kier molecular flexibility index (Phi) is 5.07. The van der Waals surface area contributed by atoms with Gasteiger partial charge in [-0.3, -0.25) is 9.69 Å². The molecule has 1 N–H and O–H groups in total. The highest BCUT2D eigenvalue weighted by Gasteiger charge is 2.12. The zero-order valence-corrected chi connectivity index (χ0v) is 16.3. The second-order valence-corrected chi connectivity index (χ2v) is 7.91. The minimum Gasteiger partial charge on any atom is -0.309 e. The zero-order valence-electron chi connectivity index (χ0n) is 14.8. The number of halogens is 1. The van der Waals surface area contributed by atoms with Crippen LogP contribution in [0, 0.1) is 0 Å². The molecule has 0 bridgehead atoms. The molecule has 6 heteroatoms. The number of nitrogens with one attached hydrogen (secondary N) is 1. The van der Waals surface area contributed by atoms with Crippen LogP contribution >= 0.6 is 22.9 Å². The van der Waals surface area contributed by atoms with Gasteiger partial charge in [0.15, 0.2) is 0 Å². The highest BCUT2D eigenvalue weighted by atomic mass is 35.5. The number of rotatable bonds is 5. The SMILES string of the molecule is CN(Cc1nc2sc(-c3ccccc3)cc2c(=O)[nH]1)Cc1ccccc1Cl. The van der Waals surface area contributed by atoms with Gasteiger partial charge in [0.25, 0.3) is 5.56 Å². The summed E-state index contributed by atoms with van der Waals surface area (Å²) in [5, 5.41) is 1.38. The summed E-state index contributed by atoms with van der Waals surface area (Å²) in [6.45, 7) is 1.22. The standard InChI is InChI=1S/C21H18ClN3OS/c1-25(12-15-9-5-6-10-17(15)22)13-19-23-20(26)16-11-18(27-21(16)24-19)14-7-3-2-4-8-14/h2-11H,12-13H2,1H3,(H,23,24,26). The summed E-state index contributed by atoms with van der Waals surface area (Å²) in [7, 11) is 1.98. The van der Waals surface area contributed by atoms with Crippen molar-refractivity contribution in [2.24, 2.45) is 0 Å². The molecule has 0 spiro atoms. The van der Waals surface area contributed by atoms with Crippen LogP contribution in [-0.2, 0) is 13.1 Å². The van der Waals surface area contributed by atoms with E-state index in [9.17, 15) is 4.79 Å². The molecule has 2 aromatic carbocycles. The van der Waals surface area contributed by atoms with E-state index in [1.54, 1.807) is 11.3 Å². The van der Waals surface area contributed by atoms with Crippen LogP contribution in [0.4, 0.5) is 0 Å². The van der Waals surface area contributed by atoms with E-state index < -0.39 is 0 Å². The highest BCUT2D eigenvalue weighted by Crippen LogP contribution is 2.30. The van der Waals surface area contributed by atoms with Crippen molar-refractivity contribution in [2.75, 3.05) is 7.05 Å². The molecule has 0 atom stereocenters. The summed E-state index contributed by atoms with van der Waals surface area (Å²) in [5.74, 6) is 0.656. The minimum atomic E-state index is -0.0976. The summed E-state index contributed by atoms with van der Waals surface area (Å²) >= 11 is 7.78. The molecule has 136 valence electrons. The van der Waals surface area contributed by atoms with E-state index in [2.05, 4.69) is 14.9 Å². The van der Waals surface area contributed by atoms with Crippen LogP contribution in [-0.4, -0.2) is 21.9 Å². The predicted octanol–water partition coefficient (Wildman–Crippen LogP) is 4.94. The van der Waals surface area contributed by atoms with Crippen LogP contribution in [0.3, 0.4) is 0 Å². The van der Waals surface area contributed by atoms with E-state index in [4.69, 9.17) is 11.6 Å². The normalized spacial score (nSPS) is 11.4. The molecule has 0 saturated carbocycles. The quantitative estimate of drug-likeness (QED) is 0.520. The average Bonchev–Trinajstić information content (AvgIpc) is 3.09. The van der Waals surface area contributed by atoms with Crippen LogP contribution in [0.2, 0.25) is 5.02 Å². The maximum absolute atomic E-state index is 12.5. The lowest BCUT2D eigenvalue weighted by atomic mass is 10.2. The number of thiophene rings is 1. The highest BCUT2D eigenvalue weighted by molar-refractivity contribution is 7.21. The minimum absolute atomic E-state index is 0.0976. The maximum Gasteiger partial charge on any atom is 0.259 e. The number of hydrogen-bond donors (Lipinski definition) is 1. The first-order chi connectivity index (χ1) is 13.1. The number of benzene rings is 2. The molecule has 0 amide bonds. The van der Waals surface area contributed by atoms with Gasteiger partial charge in [-0.2, -0.15) is 0 Å². The lowest BCUT2D eigenvalue weighted by Crippen LogP contribution is -2.21. The van der Waals surface area contributed by atoms with E-state index in [1.165, 1.54) is 0 Å². The number of aromatic amines is 1. The van der Waals surface area contributed by atoms with Crippen LogP contribution in [0.1, 0.15) is 11.4 Å². The van der Waals surface area contributed by atoms with Gasteiger partial charge in [0.1, 0.15) is 10.7 Å². The van der Waals surface area contributed by atoms with E-state index in [0.29, 0.717) is 24.3 Å². The number of fused-ring (bicyclic) bond motifs is 1. The van der Waals surface area contributed by atoms with Gasteiger partial charge in [-0.25, -0.2) is 4.98 Å². The van der Waals surface area contributed by atoms with Gasteiger partial charge in [-0.1, -0.05) is 60.1 Å². The largest absolute Gasteiger partial charge is 0.309 e. The van der Waals surface area contributed by atoms with E-state index in [0.717, 1.165) is 25.9 Å². The smallest absolute Gasteiger partial charge is 0.259 e. The summed E-state index contributed by atoms with van der Waals surface area (Å²) in [6.07, 6.45) is 0. The van der Waals surface area contributed by atoms with Crippen molar-refractivity contribution >= 4 is 33.2 Å². The fourth-order valence-electron chi connectivity index (χ4n) is 3.02. The first-order valence-corrected chi connectivity index (χ1v) is 9.80. The second kappa shape index (κ2) is 7.64. The second-order valence-electron chi connectivity index (χ2n) is 6.47. The van der Waals surface area contributed by atoms with Crippen molar-refractivity contribution in [3.63, 3.8) is 0 Å². The van der Waals surface area contributed by atoms with Gasteiger partial charge in [-0.15, -0.1) is 11.3 Å². The Bertz CT molecular complexity index is 1140. The molecule has 0 radical (unpaired) electrons.